The molecule has 0 fully saturated rings. The summed E-state index contributed by atoms with van der Waals surface area (Å²) in [6.07, 6.45) is 0. The van der Waals surface area contributed by atoms with Gasteiger partial charge in [-0.05, 0) is 6.07 Å². The van der Waals surface area contributed by atoms with Gasteiger partial charge < -0.3 is 15.8 Å². The number of likely N-dealkylation sites (N-methyl/N-ethyl adjacent to an activating group) is 1. The molecule has 0 aromatic heterocycles. The number of rotatable bonds is 4. The molecule has 1 aromatic carbocycles. The number of carbonyl (C=O) groups excluding carboxylic acids is 1. The highest BCUT2D eigenvalue weighted by molar-refractivity contribution is 5.84. The zero-order valence-corrected chi connectivity index (χ0v) is 8.99. The zero-order chi connectivity index (χ0) is 11.3. The molecule has 0 aliphatic heterocycles. The first-order chi connectivity index (χ1) is 7.24. The first-order valence-corrected chi connectivity index (χ1v) is 4.79. The van der Waals surface area contributed by atoms with Gasteiger partial charge >= 0.3 is 0 Å². The van der Waals surface area contributed by atoms with E-state index in [4.69, 9.17) is 10.5 Å². The molecule has 0 bridgehead atoms. The van der Waals surface area contributed by atoms with Gasteiger partial charge in [0.15, 0.2) is 0 Å². The van der Waals surface area contributed by atoms with E-state index in [-0.39, 0.29) is 18.4 Å². The van der Waals surface area contributed by atoms with E-state index in [1.807, 2.05) is 24.3 Å². The molecule has 0 radical (unpaired) electrons. The molecule has 1 rings (SSSR count). The number of hydrogen-bond donors (Lipinski definition) is 2. The summed E-state index contributed by atoms with van der Waals surface area (Å²) in [4.78, 5) is 11.6. The van der Waals surface area contributed by atoms with Crippen molar-refractivity contribution >= 4 is 5.91 Å². The first-order valence-electron chi connectivity index (χ1n) is 4.79. The fourth-order valence-electron chi connectivity index (χ4n) is 1.50. The quantitative estimate of drug-likeness (QED) is 0.756. The van der Waals surface area contributed by atoms with Crippen molar-refractivity contribution in [3.63, 3.8) is 0 Å². The monoisotopic (exact) mass is 208 g/mol. The average Bonchev–Trinajstić information content (AvgIpc) is 2.30. The predicted octanol–water partition coefficient (Wildman–Crippen LogP) is 0.483. The maximum atomic E-state index is 11.6. The summed E-state index contributed by atoms with van der Waals surface area (Å²) < 4.78 is 5.19. The number of ether oxygens (including phenoxy) is 1. The summed E-state index contributed by atoms with van der Waals surface area (Å²) in [5.41, 5.74) is 6.41. The fourth-order valence-corrected chi connectivity index (χ4v) is 1.50. The minimum Gasteiger partial charge on any atom is -0.496 e. The second-order valence-electron chi connectivity index (χ2n) is 3.14. The van der Waals surface area contributed by atoms with Gasteiger partial charge in [0.2, 0.25) is 5.91 Å². The van der Waals surface area contributed by atoms with Crippen LogP contribution in [0, 0.1) is 0 Å². The number of nitrogens with two attached hydrogens (primary N) is 1. The van der Waals surface area contributed by atoms with Crippen LogP contribution in [-0.4, -0.2) is 26.6 Å². The van der Waals surface area contributed by atoms with Gasteiger partial charge in [-0.3, -0.25) is 4.79 Å². The average molecular weight is 208 g/mol. The van der Waals surface area contributed by atoms with Crippen molar-refractivity contribution in [2.75, 3.05) is 20.7 Å². The lowest BCUT2D eigenvalue weighted by atomic mass is 9.97. The van der Waals surface area contributed by atoms with Gasteiger partial charge in [-0.1, -0.05) is 18.2 Å². The molecule has 0 aliphatic rings. The molecule has 82 valence electrons. The fraction of sp³-hybridized carbons (Fsp3) is 0.364. The van der Waals surface area contributed by atoms with E-state index in [0.29, 0.717) is 5.75 Å². The molecule has 1 amide bonds. The predicted molar refractivity (Wildman–Crippen MR) is 58.9 cm³/mol. The van der Waals surface area contributed by atoms with Crippen molar-refractivity contribution in [2.24, 2.45) is 5.73 Å². The van der Waals surface area contributed by atoms with E-state index in [9.17, 15) is 4.79 Å². The summed E-state index contributed by atoms with van der Waals surface area (Å²) in [5.74, 6) is 0.240. The van der Waals surface area contributed by atoms with Gasteiger partial charge in [-0.25, -0.2) is 0 Å². The Morgan fingerprint density at radius 3 is 2.73 bits per heavy atom. The Kier molecular flexibility index (Phi) is 4.12. The normalized spacial score (nSPS) is 11.9. The lowest BCUT2D eigenvalue weighted by Gasteiger charge is -2.16. The Labute approximate surface area is 89.4 Å². The molecule has 3 N–H and O–H groups in total. The minimum absolute atomic E-state index is 0.0954. The molecule has 15 heavy (non-hydrogen) atoms. The smallest absolute Gasteiger partial charge is 0.228 e. The largest absolute Gasteiger partial charge is 0.496 e. The number of benzene rings is 1. The number of amides is 1. The molecule has 4 nitrogen and oxygen atoms in total. The summed E-state index contributed by atoms with van der Waals surface area (Å²) in [6, 6.07) is 7.40. The molecule has 0 heterocycles. The van der Waals surface area contributed by atoms with Crippen molar-refractivity contribution in [3.8, 4) is 5.75 Å². The van der Waals surface area contributed by atoms with Gasteiger partial charge in [0, 0.05) is 19.2 Å². The standard InChI is InChI=1S/C11H16N2O2/c1-13-11(14)9(7-12)8-5-3-4-6-10(8)15-2/h3-6,9H,7,12H2,1-2H3,(H,13,14). The molecule has 1 aromatic rings. The van der Waals surface area contributed by atoms with Crippen LogP contribution in [0.4, 0.5) is 0 Å². The molecular weight excluding hydrogens is 192 g/mol. The first kappa shape index (κ1) is 11.5. The van der Waals surface area contributed by atoms with Gasteiger partial charge in [0.25, 0.3) is 0 Å². The highest BCUT2D eigenvalue weighted by atomic mass is 16.5. The van der Waals surface area contributed by atoms with Crippen LogP contribution in [0.1, 0.15) is 11.5 Å². The molecule has 1 atom stereocenters. The number of para-hydroxylation sites is 1. The Bertz CT molecular complexity index is 339. The van der Waals surface area contributed by atoms with E-state index < -0.39 is 0 Å². The van der Waals surface area contributed by atoms with Crippen molar-refractivity contribution in [3.05, 3.63) is 29.8 Å². The molecule has 0 saturated heterocycles. The zero-order valence-electron chi connectivity index (χ0n) is 8.99. The molecule has 0 aliphatic carbocycles. The lowest BCUT2D eigenvalue weighted by Crippen LogP contribution is -2.31. The highest BCUT2D eigenvalue weighted by Crippen LogP contribution is 2.25. The lowest BCUT2D eigenvalue weighted by molar-refractivity contribution is -0.121. The molecule has 0 spiro atoms. The van der Waals surface area contributed by atoms with Gasteiger partial charge in [-0.2, -0.15) is 0 Å². The Morgan fingerprint density at radius 1 is 1.53 bits per heavy atom. The van der Waals surface area contributed by atoms with Gasteiger partial charge in [0.05, 0.1) is 13.0 Å². The number of nitrogens with one attached hydrogen (secondary N) is 1. The van der Waals surface area contributed by atoms with Crippen LogP contribution in [0.3, 0.4) is 0 Å². The SMILES string of the molecule is CNC(=O)C(CN)c1ccccc1OC. The highest BCUT2D eigenvalue weighted by Gasteiger charge is 2.20. The second kappa shape index (κ2) is 5.36. The van der Waals surface area contributed by atoms with Gasteiger partial charge in [0.1, 0.15) is 5.75 Å². The summed E-state index contributed by atoms with van der Waals surface area (Å²) in [6.45, 7) is 0.264. The molecule has 0 saturated carbocycles. The van der Waals surface area contributed by atoms with Crippen LogP contribution < -0.4 is 15.8 Å². The summed E-state index contributed by atoms with van der Waals surface area (Å²) in [5, 5.41) is 2.59. The Hall–Kier alpha value is -1.55. The molecule has 4 heteroatoms. The van der Waals surface area contributed by atoms with Gasteiger partial charge in [-0.15, -0.1) is 0 Å². The topological polar surface area (TPSA) is 64.4 Å². The van der Waals surface area contributed by atoms with Crippen molar-refractivity contribution in [1.82, 2.24) is 5.32 Å². The van der Waals surface area contributed by atoms with E-state index in [2.05, 4.69) is 5.32 Å². The molecular formula is C11H16N2O2. The van der Waals surface area contributed by atoms with Crippen LogP contribution in [0.2, 0.25) is 0 Å². The van der Waals surface area contributed by atoms with Crippen LogP contribution in [0.15, 0.2) is 24.3 Å². The second-order valence-corrected chi connectivity index (χ2v) is 3.14. The van der Waals surface area contributed by atoms with E-state index in [1.54, 1.807) is 14.2 Å². The Morgan fingerprint density at radius 2 is 2.20 bits per heavy atom. The van der Waals surface area contributed by atoms with E-state index in [1.165, 1.54) is 0 Å². The number of hydrogen-bond acceptors (Lipinski definition) is 3. The van der Waals surface area contributed by atoms with E-state index >= 15 is 0 Å². The van der Waals surface area contributed by atoms with Crippen LogP contribution in [0.5, 0.6) is 5.75 Å². The summed E-state index contributed by atoms with van der Waals surface area (Å²) >= 11 is 0. The van der Waals surface area contributed by atoms with E-state index in [0.717, 1.165) is 5.56 Å². The third-order valence-corrected chi connectivity index (χ3v) is 2.31. The maximum absolute atomic E-state index is 11.6. The van der Waals surface area contributed by atoms with Crippen molar-refractivity contribution < 1.29 is 9.53 Å². The summed E-state index contributed by atoms with van der Waals surface area (Å²) in [7, 11) is 3.18. The minimum atomic E-state index is -0.355. The number of carbonyl (C=O) groups is 1. The third-order valence-electron chi connectivity index (χ3n) is 2.31. The maximum Gasteiger partial charge on any atom is 0.228 e. The van der Waals surface area contributed by atoms with Crippen molar-refractivity contribution in [1.29, 1.82) is 0 Å². The van der Waals surface area contributed by atoms with Crippen LogP contribution in [0.25, 0.3) is 0 Å². The van der Waals surface area contributed by atoms with Crippen LogP contribution >= 0.6 is 0 Å². The number of methoxy groups -OCH3 is 1. The Balaban J connectivity index is 3.05. The third kappa shape index (κ3) is 2.47. The van der Waals surface area contributed by atoms with Crippen LogP contribution in [-0.2, 0) is 4.79 Å². The van der Waals surface area contributed by atoms with Crippen molar-refractivity contribution in [2.45, 2.75) is 5.92 Å². The molecule has 1 unspecified atom stereocenters.